The van der Waals surface area contributed by atoms with Crippen molar-refractivity contribution in [2.24, 2.45) is 10.5 Å². The lowest BCUT2D eigenvalue weighted by Gasteiger charge is -2.22. The Bertz CT molecular complexity index is 565. The molecule has 1 aliphatic heterocycles. The first-order chi connectivity index (χ1) is 9.13. The third kappa shape index (κ3) is 2.37. The highest BCUT2D eigenvalue weighted by molar-refractivity contribution is 9.11. The number of anilines is 1. The van der Waals surface area contributed by atoms with Gasteiger partial charge in [-0.05, 0) is 35.1 Å². The zero-order valence-corrected chi connectivity index (χ0v) is 12.0. The second-order valence-corrected chi connectivity index (χ2v) is 5.04. The number of nitrogens with zero attached hydrogens (tertiary/aromatic N) is 4. The van der Waals surface area contributed by atoms with Gasteiger partial charge >= 0.3 is 0 Å². The van der Waals surface area contributed by atoms with Gasteiger partial charge < -0.3 is 4.90 Å². The standard InChI is InChI=1S/C13H13BrN4O/c1-13(9-16-17-15)10(7-14)8-18(12(13)19)11-5-3-2-4-6-11/h2-7H,8-9H2,1H3. The van der Waals surface area contributed by atoms with Crippen LogP contribution in [0.5, 0.6) is 0 Å². The van der Waals surface area contributed by atoms with Crippen LogP contribution >= 0.6 is 15.9 Å². The Morgan fingerprint density at radius 1 is 1.53 bits per heavy atom. The van der Waals surface area contributed by atoms with Gasteiger partial charge in [-0.25, -0.2) is 0 Å². The number of hydrogen-bond acceptors (Lipinski definition) is 2. The van der Waals surface area contributed by atoms with Gasteiger partial charge in [0.25, 0.3) is 0 Å². The molecule has 1 amide bonds. The molecule has 98 valence electrons. The molecule has 0 radical (unpaired) electrons. The van der Waals surface area contributed by atoms with Gasteiger partial charge in [-0.3, -0.25) is 4.79 Å². The van der Waals surface area contributed by atoms with E-state index in [1.165, 1.54) is 0 Å². The number of para-hydroxylation sites is 1. The number of benzene rings is 1. The van der Waals surface area contributed by atoms with E-state index in [1.54, 1.807) is 16.8 Å². The zero-order valence-electron chi connectivity index (χ0n) is 10.5. The first kappa shape index (κ1) is 13.6. The van der Waals surface area contributed by atoms with Crippen molar-refractivity contribution in [1.29, 1.82) is 0 Å². The van der Waals surface area contributed by atoms with E-state index < -0.39 is 5.41 Å². The Hall–Kier alpha value is -1.78. The normalized spacial score (nSPS) is 24.6. The number of rotatable bonds is 3. The number of carbonyl (C=O) groups is 1. The lowest BCUT2D eigenvalue weighted by atomic mass is 9.85. The predicted octanol–water partition coefficient (Wildman–Crippen LogP) is 3.63. The SMILES string of the molecule is CC1(CN=[N+]=[N-])C(=O)N(c2ccccc2)CC1=CBr. The van der Waals surface area contributed by atoms with Gasteiger partial charge in [0, 0.05) is 23.7 Å². The van der Waals surface area contributed by atoms with Gasteiger partial charge in [-0.15, -0.1) is 0 Å². The van der Waals surface area contributed by atoms with E-state index in [4.69, 9.17) is 5.53 Å². The largest absolute Gasteiger partial charge is 0.308 e. The highest BCUT2D eigenvalue weighted by atomic mass is 79.9. The molecule has 1 saturated heterocycles. The minimum absolute atomic E-state index is 0.0446. The molecule has 5 nitrogen and oxygen atoms in total. The average Bonchev–Trinajstić information content (AvgIpc) is 2.70. The van der Waals surface area contributed by atoms with E-state index >= 15 is 0 Å². The summed E-state index contributed by atoms with van der Waals surface area (Å²) in [6, 6.07) is 9.48. The number of halogens is 1. The third-order valence-corrected chi connectivity index (χ3v) is 3.96. The minimum atomic E-state index is -0.772. The van der Waals surface area contributed by atoms with Crippen molar-refractivity contribution in [1.82, 2.24) is 0 Å². The van der Waals surface area contributed by atoms with E-state index in [1.807, 2.05) is 30.3 Å². The second-order valence-electron chi connectivity index (χ2n) is 4.58. The quantitative estimate of drug-likeness (QED) is 0.476. The molecule has 0 aromatic heterocycles. The maximum Gasteiger partial charge on any atom is 0.237 e. The van der Waals surface area contributed by atoms with Crippen LogP contribution < -0.4 is 4.90 Å². The fourth-order valence-electron chi connectivity index (χ4n) is 2.17. The molecule has 1 atom stereocenters. The van der Waals surface area contributed by atoms with Crippen LogP contribution in [0, 0.1) is 5.41 Å². The summed E-state index contributed by atoms with van der Waals surface area (Å²) in [5, 5.41) is 3.57. The Labute approximate surface area is 119 Å². The van der Waals surface area contributed by atoms with Crippen LogP contribution in [0.2, 0.25) is 0 Å². The van der Waals surface area contributed by atoms with Crippen molar-refractivity contribution in [2.45, 2.75) is 6.92 Å². The number of amides is 1. The Balaban J connectivity index is 2.38. The summed E-state index contributed by atoms with van der Waals surface area (Å²) < 4.78 is 0. The summed E-state index contributed by atoms with van der Waals surface area (Å²) in [5.74, 6) is -0.0446. The topological polar surface area (TPSA) is 69.1 Å². The van der Waals surface area contributed by atoms with E-state index in [0.717, 1.165) is 11.3 Å². The lowest BCUT2D eigenvalue weighted by molar-refractivity contribution is -0.123. The molecular weight excluding hydrogens is 308 g/mol. The van der Waals surface area contributed by atoms with E-state index in [2.05, 4.69) is 26.0 Å². The zero-order chi connectivity index (χ0) is 13.9. The summed E-state index contributed by atoms with van der Waals surface area (Å²) in [6.45, 7) is 2.44. The summed E-state index contributed by atoms with van der Waals surface area (Å²) in [6.07, 6.45) is 0. The van der Waals surface area contributed by atoms with Crippen molar-refractivity contribution < 1.29 is 4.79 Å². The molecule has 1 aliphatic rings. The van der Waals surface area contributed by atoms with Gasteiger partial charge in [0.1, 0.15) is 0 Å². The smallest absolute Gasteiger partial charge is 0.237 e. The molecule has 1 aromatic rings. The highest BCUT2D eigenvalue weighted by Crippen LogP contribution is 2.39. The van der Waals surface area contributed by atoms with Crippen LogP contribution in [0.15, 0.2) is 46.0 Å². The predicted molar refractivity (Wildman–Crippen MR) is 77.9 cm³/mol. The minimum Gasteiger partial charge on any atom is -0.308 e. The van der Waals surface area contributed by atoms with Crippen LogP contribution in [-0.4, -0.2) is 19.0 Å². The number of azide groups is 1. The van der Waals surface area contributed by atoms with Gasteiger partial charge in [0.2, 0.25) is 5.91 Å². The molecule has 1 aromatic carbocycles. The van der Waals surface area contributed by atoms with E-state index in [-0.39, 0.29) is 12.5 Å². The summed E-state index contributed by atoms with van der Waals surface area (Å²) >= 11 is 3.30. The molecular formula is C13H13BrN4O. The summed E-state index contributed by atoms with van der Waals surface area (Å²) in [5.41, 5.74) is 9.46. The summed E-state index contributed by atoms with van der Waals surface area (Å²) in [4.78, 5) is 18.8. The fraction of sp³-hybridized carbons (Fsp3) is 0.308. The molecule has 0 aliphatic carbocycles. The van der Waals surface area contributed by atoms with Crippen LogP contribution in [0.1, 0.15) is 6.92 Å². The summed E-state index contributed by atoms with van der Waals surface area (Å²) in [7, 11) is 0. The van der Waals surface area contributed by atoms with Gasteiger partial charge in [0.15, 0.2) is 0 Å². The lowest BCUT2D eigenvalue weighted by Crippen LogP contribution is -2.34. The molecule has 1 unspecified atom stereocenters. The van der Waals surface area contributed by atoms with Crippen LogP contribution in [0.3, 0.4) is 0 Å². The Morgan fingerprint density at radius 3 is 2.79 bits per heavy atom. The maximum atomic E-state index is 12.6. The van der Waals surface area contributed by atoms with E-state index in [9.17, 15) is 4.79 Å². The van der Waals surface area contributed by atoms with E-state index in [0.29, 0.717) is 6.54 Å². The first-order valence-corrected chi connectivity index (χ1v) is 6.72. The molecule has 1 fully saturated rings. The monoisotopic (exact) mass is 320 g/mol. The van der Waals surface area contributed by atoms with Crippen molar-refractivity contribution >= 4 is 27.5 Å². The van der Waals surface area contributed by atoms with Crippen LogP contribution in [0.25, 0.3) is 10.4 Å². The highest BCUT2D eigenvalue weighted by Gasteiger charge is 2.46. The molecule has 2 rings (SSSR count). The van der Waals surface area contributed by atoms with Crippen molar-refractivity contribution in [3.63, 3.8) is 0 Å². The van der Waals surface area contributed by atoms with Crippen LogP contribution in [0.4, 0.5) is 5.69 Å². The van der Waals surface area contributed by atoms with Crippen LogP contribution in [-0.2, 0) is 4.79 Å². The molecule has 1 heterocycles. The number of hydrogen-bond donors (Lipinski definition) is 0. The van der Waals surface area contributed by atoms with Gasteiger partial charge in [-0.1, -0.05) is 39.2 Å². The molecule has 0 saturated carbocycles. The maximum absolute atomic E-state index is 12.6. The van der Waals surface area contributed by atoms with Crippen molar-refractivity contribution in [2.75, 3.05) is 18.0 Å². The third-order valence-electron chi connectivity index (χ3n) is 3.40. The average molecular weight is 321 g/mol. The fourth-order valence-corrected chi connectivity index (χ4v) is 2.82. The Morgan fingerprint density at radius 2 is 2.21 bits per heavy atom. The number of carbonyl (C=O) groups excluding carboxylic acids is 1. The molecule has 0 spiro atoms. The van der Waals surface area contributed by atoms with Gasteiger partial charge in [0.05, 0.1) is 5.41 Å². The van der Waals surface area contributed by atoms with Crippen molar-refractivity contribution in [3.05, 3.63) is 51.3 Å². The molecule has 0 bridgehead atoms. The second kappa shape index (κ2) is 5.47. The Kier molecular flexibility index (Phi) is 3.93. The first-order valence-electron chi connectivity index (χ1n) is 5.81. The van der Waals surface area contributed by atoms with Gasteiger partial charge in [-0.2, -0.15) is 0 Å². The molecule has 19 heavy (non-hydrogen) atoms. The van der Waals surface area contributed by atoms with Crippen molar-refractivity contribution in [3.8, 4) is 0 Å². The molecule has 0 N–H and O–H groups in total. The molecule has 6 heteroatoms.